The first-order valence-electron chi connectivity index (χ1n) is 10.8. The lowest BCUT2D eigenvalue weighted by atomic mass is 9.36. The van der Waals surface area contributed by atoms with Gasteiger partial charge in [-0.25, -0.2) is 0 Å². The predicted octanol–water partition coefficient (Wildman–Crippen LogP) is -0.0812. The lowest BCUT2D eigenvalue weighted by molar-refractivity contribution is -0.453. The van der Waals surface area contributed by atoms with Gasteiger partial charge in [0.2, 0.25) is 5.79 Å². The van der Waals surface area contributed by atoms with Crippen molar-refractivity contribution in [2.45, 2.75) is 63.6 Å². The molecule has 2 aliphatic heterocycles. The van der Waals surface area contributed by atoms with Gasteiger partial charge in [0.1, 0.15) is 11.5 Å². The highest BCUT2D eigenvalue weighted by molar-refractivity contribution is 6.05. The molecule has 6 aliphatic rings. The molecular weight excluding hydrogens is 392 g/mol. The molecule has 6 rings (SSSR count). The van der Waals surface area contributed by atoms with Crippen LogP contribution in [0.15, 0.2) is 12.2 Å². The molecule has 4 saturated carbocycles. The van der Waals surface area contributed by atoms with E-state index in [0.29, 0.717) is 25.7 Å². The van der Waals surface area contributed by atoms with Crippen molar-refractivity contribution in [1.29, 1.82) is 0 Å². The molecule has 2 saturated heterocycles. The fourth-order valence-electron chi connectivity index (χ4n) is 8.16. The minimum Gasteiger partial charge on any atom is -0.465 e. The molecule has 6 fully saturated rings. The third kappa shape index (κ3) is 1.92. The molecular formula is C22H30O8. The number of ketones is 1. The lowest BCUT2D eigenvalue weighted by Crippen LogP contribution is -2.84. The van der Waals surface area contributed by atoms with E-state index in [9.17, 15) is 30.0 Å². The van der Waals surface area contributed by atoms with Crippen LogP contribution in [-0.2, 0) is 19.1 Å². The van der Waals surface area contributed by atoms with Crippen LogP contribution in [0.3, 0.4) is 0 Å². The van der Waals surface area contributed by atoms with Crippen LogP contribution >= 0.6 is 0 Å². The van der Waals surface area contributed by atoms with Gasteiger partial charge in [0, 0.05) is 29.6 Å². The van der Waals surface area contributed by atoms with Crippen LogP contribution in [0.25, 0.3) is 0 Å². The molecule has 4 bridgehead atoms. The van der Waals surface area contributed by atoms with Crippen molar-refractivity contribution in [2.75, 3.05) is 13.2 Å². The fraction of sp³-hybridized carbons (Fsp3) is 0.818. The van der Waals surface area contributed by atoms with E-state index in [1.165, 1.54) is 6.92 Å². The third-order valence-corrected chi connectivity index (χ3v) is 9.40. The number of fused-ring (bicyclic) bond motifs is 2. The number of rotatable bonds is 2. The average molecular weight is 422 g/mol. The van der Waals surface area contributed by atoms with E-state index in [1.54, 1.807) is 6.92 Å². The highest BCUT2D eigenvalue weighted by Gasteiger charge is 2.86. The minimum absolute atomic E-state index is 0.108. The zero-order valence-electron chi connectivity index (χ0n) is 17.3. The number of Topliss-reactive ketones (excluding diaryl/α,β-unsaturated/α-hetero) is 1. The number of hydrogen-bond donors (Lipinski definition) is 4. The number of carbonyl (C=O) groups is 2. The molecule has 30 heavy (non-hydrogen) atoms. The maximum absolute atomic E-state index is 13.5. The third-order valence-electron chi connectivity index (χ3n) is 9.40. The van der Waals surface area contributed by atoms with Crippen molar-refractivity contribution in [3.05, 3.63) is 12.2 Å². The first-order chi connectivity index (χ1) is 14.0. The van der Waals surface area contributed by atoms with Gasteiger partial charge in [-0.3, -0.25) is 9.59 Å². The molecule has 4 aliphatic carbocycles. The van der Waals surface area contributed by atoms with Crippen LogP contribution in [0.1, 0.15) is 39.5 Å². The summed E-state index contributed by atoms with van der Waals surface area (Å²) in [5.74, 6) is -4.78. The van der Waals surface area contributed by atoms with Gasteiger partial charge >= 0.3 is 5.97 Å². The summed E-state index contributed by atoms with van der Waals surface area (Å²) in [6.45, 7) is 6.92. The first-order valence-corrected chi connectivity index (χ1v) is 10.8. The van der Waals surface area contributed by atoms with Crippen molar-refractivity contribution in [3.8, 4) is 0 Å². The van der Waals surface area contributed by atoms with Crippen molar-refractivity contribution >= 4 is 11.8 Å². The molecule has 8 nitrogen and oxygen atoms in total. The maximum Gasteiger partial charge on any atom is 0.302 e. The Hall–Kier alpha value is -1.32. The summed E-state index contributed by atoms with van der Waals surface area (Å²) in [5, 5.41) is 45.4. The zero-order valence-corrected chi connectivity index (χ0v) is 17.3. The van der Waals surface area contributed by atoms with Crippen LogP contribution in [0, 0.1) is 34.0 Å². The van der Waals surface area contributed by atoms with Gasteiger partial charge in [0.15, 0.2) is 5.78 Å². The Morgan fingerprint density at radius 1 is 1.23 bits per heavy atom. The van der Waals surface area contributed by atoms with Gasteiger partial charge in [-0.05, 0) is 37.2 Å². The number of hydrogen-bond acceptors (Lipinski definition) is 8. The van der Waals surface area contributed by atoms with Gasteiger partial charge in [-0.2, -0.15) is 0 Å². The van der Waals surface area contributed by atoms with Crippen molar-refractivity contribution < 1.29 is 39.5 Å². The maximum atomic E-state index is 13.5. The molecule has 0 radical (unpaired) electrons. The molecule has 8 heteroatoms. The summed E-state index contributed by atoms with van der Waals surface area (Å²) in [5.41, 5.74) is -3.16. The topological polar surface area (TPSA) is 134 Å². The van der Waals surface area contributed by atoms with Gasteiger partial charge in [-0.15, -0.1) is 0 Å². The van der Waals surface area contributed by atoms with Crippen molar-refractivity contribution in [3.63, 3.8) is 0 Å². The molecule has 2 spiro atoms. The molecule has 2 heterocycles. The second-order valence-corrected chi connectivity index (χ2v) is 10.4. The number of carbonyl (C=O) groups excluding carboxylic acids is 2. The molecule has 0 amide bonds. The molecule has 0 aromatic heterocycles. The molecule has 0 unspecified atom stereocenters. The van der Waals surface area contributed by atoms with Crippen LogP contribution in [0.5, 0.6) is 0 Å². The Kier molecular flexibility index (Phi) is 4.06. The second kappa shape index (κ2) is 5.92. The predicted molar refractivity (Wildman–Crippen MR) is 102 cm³/mol. The van der Waals surface area contributed by atoms with E-state index < -0.39 is 69.9 Å². The normalized spacial score (nSPS) is 56.5. The number of aliphatic hydroxyl groups excluding tert-OH is 3. The molecule has 4 N–H and O–H groups in total. The highest BCUT2D eigenvalue weighted by Crippen LogP contribution is 2.76. The number of aliphatic hydroxyl groups is 4. The molecule has 10 atom stereocenters. The monoisotopic (exact) mass is 422 g/mol. The Labute approximate surface area is 174 Å². The van der Waals surface area contributed by atoms with E-state index in [1.807, 2.05) is 0 Å². The van der Waals surface area contributed by atoms with E-state index in [-0.39, 0.29) is 18.8 Å². The summed E-state index contributed by atoms with van der Waals surface area (Å²) >= 11 is 0. The Morgan fingerprint density at radius 2 is 1.93 bits per heavy atom. The Bertz CT molecular complexity index is 837. The largest absolute Gasteiger partial charge is 0.465 e. The van der Waals surface area contributed by atoms with Crippen LogP contribution < -0.4 is 0 Å². The van der Waals surface area contributed by atoms with Gasteiger partial charge in [-0.1, -0.05) is 13.5 Å². The summed E-state index contributed by atoms with van der Waals surface area (Å²) in [6, 6.07) is 0. The zero-order chi connectivity index (χ0) is 21.9. The lowest BCUT2D eigenvalue weighted by Gasteiger charge is -2.74. The van der Waals surface area contributed by atoms with Gasteiger partial charge in [0.05, 0.1) is 25.4 Å². The van der Waals surface area contributed by atoms with E-state index >= 15 is 0 Å². The van der Waals surface area contributed by atoms with Crippen LogP contribution in [0.2, 0.25) is 0 Å². The van der Waals surface area contributed by atoms with E-state index in [2.05, 4.69) is 6.58 Å². The van der Waals surface area contributed by atoms with Crippen LogP contribution in [0.4, 0.5) is 0 Å². The Morgan fingerprint density at radius 3 is 2.60 bits per heavy atom. The standard InChI is InChI=1S/C22H30O8/c1-10-12-4-5-13-20-7-6-14(24)19(3,8-29-11(2)23)15(20)18(27)22(28,30-9-20)21(13,16(10)25)17(12)26/h12-15,17-18,24,26-28H,1,4-9H2,2-3H3/t12-,13-,14+,15+,17+,18-,19+,20+,21-,22-/m0/s1. The van der Waals surface area contributed by atoms with Crippen molar-refractivity contribution in [2.24, 2.45) is 34.0 Å². The van der Waals surface area contributed by atoms with Crippen molar-refractivity contribution in [1.82, 2.24) is 0 Å². The summed E-state index contributed by atoms with van der Waals surface area (Å²) in [7, 11) is 0. The molecule has 0 aromatic carbocycles. The SMILES string of the molecule is C=C1C(=O)[C@]23[C@H](O)[C@H]1CC[C@H]2[C@]12CC[C@@H](O)[C@@](C)(COC(C)=O)[C@H]1[C@H](O)[C@]3(O)OC2. The summed E-state index contributed by atoms with van der Waals surface area (Å²) in [6.07, 6.45) is -1.57. The quantitative estimate of drug-likeness (QED) is 0.359. The average Bonchev–Trinajstić information content (AvgIpc) is 2.80. The van der Waals surface area contributed by atoms with E-state index in [0.717, 1.165) is 0 Å². The molecule has 0 aromatic rings. The number of ether oxygens (including phenoxy) is 2. The minimum atomic E-state index is -2.30. The van der Waals surface area contributed by atoms with E-state index in [4.69, 9.17) is 9.47 Å². The highest BCUT2D eigenvalue weighted by atomic mass is 16.6. The summed E-state index contributed by atoms with van der Waals surface area (Å²) < 4.78 is 11.1. The summed E-state index contributed by atoms with van der Waals surface area (Å²) in [4.78, 5) is 25.0. The van der Waals surface area contributed by atoms with Crippen LogP contribution in [-0.4, -0.2) is 69.5 Å². The van der Waals surface area contributed by atoms with Gasteiger partial charge < -0.3 is 29.9 Å². The smallest absolute Gasteiger partial charge is 0.302 e. The fourth-order valence-corrected chi connectivity index (χ4v) is 8.16. The van der Waals surface area contributed by atoms with Gasteiger partial charge in [0.25, 0.3) is 0 Å². The molecule has 166 valence electrons. The first kappa shape index (κ1) is 20.6. The number of esters is 1. The Balaban J connectivity index is 1.70. The second-order valence-electron chi connectivity index (χ2n) is 10.4.